The number of benzene rings is 1. The standard InChI is InChI=1S/C12H9N3O4/c1-7(6-13)12(17)9-5-8(15(18)19)3-4-10(9)14(2)11(12)16/h3-5,17H,1H2,2H3. The van der Waals surface area contributed by atoms with Crippen molar-refractivity contribution in [3.05, 3.63) is 46.0 Å². The van der Waals surface area contributed by atoms with E-state index in [2.05, 4.69) is 6.58 Å². The average Bonchev–Trinajstić information content (AvgIpc) is 2.60. The van der Waals surface area contributed by atoms with Gasteiger partial charge < -0.3 is 10.0 Å². The summed E-state index contributed by atoms with van der Waals surface area (Å²) in [5, 5.41) is 30.0. The van der Waals surface area contributed by atoms with Gasteiger partial charge in [-0.2, -0.15) is 5.26 Å². The molecule has 1 heterocycles. The zero-order chi connectivity index (χ0) is 14.4. The van der Waals surface area contributed by atoms with Crippen LogP contribution in [0.5, 0.6) is 0 Å². The quantitative estimate of drug-likeness (QED) is 0.481. The Morgan fingerprint density at radius 3 is 2.79 bits per heavy atom. The van der Waals surface area contributed by atoms with E-state index in [9.17, 15) is 20.0 Å². The maximum absolute atomic E-state index is 12.1. The average molecular weight is 259 g/mol. The van der Waals surface area contributed by atoms with Crippen LogP contribution in [0.3, 0.4) is 0 Å². The van der Waals surface area contributed by atoms with Crippen molar-refractivity contribution >= 4 is 17.3 Å². The summed E-state index contributed by atoms with van der Waals surface area (Å²) in [7, 11) is 1.41. The summed E-state index contributed by atoms with van der Waals surface area (Å²) in [5.41, 5.74) is -2.56. The van der Waals surface area contributed by atoms with Crippen LogP contribution >= 0.6 is 0 Å². The highest BCUT2D eigenvalue weighted by Crippen LogP contribution is 2.44. The van der Waals surface area contributed by atoms with Crippen molar-refractivity contribution in [2.24, 2.45) is 0 Å². The second-order valence-electron chi connectivity index (χ2n) is 4.12. The van der Waals surface area contributed by atoms with Crippen molar-refractivity contribution < 1.29 is 14.8 Å². The molecule has 1 aromatic rings. The second kappa shape index (κ2) is 3.90. The summed E-state index contributed by atoms with van der Waals surface area (Å²) in [4.78, 5) is 23.3. The molecular weight excluding hydrogens is 250 g/mol. The third kappa shape index (κ3) is 1.51. The number of nitrogens with zero attached hydrogens (tertiary/aromatic N) is 3. The molecule has 7 nitrogen and oxygen atoms in total. The first kappa shape index (κ1) is 12.7. The van der Waals surface area contributed by atoms with Crippen LogP contribution in [0.4, 0.5) is 11.4 Å². The van der Waals surface area contributed by atoms with Gasteiger partial charge in [-0.1, -0.05) is 6.58 Å². The number of amides is 1. The van der Waals surface area contributed by atoms with Gasteiger partial charge in [-0.15, -0.1) is 0 Å². The van der Waals surface area contributed by atoms with E-state index < -0.39 is 16.4 Å². The molecule has 1 aromatic carbocycles. The first-order valence-corrected chi connectivity index (χ1v) is 5.23. The van der Waals surface area contributed by atoms with E-state index in [0.29, 0.717) is 5.69 Å². The van der Waals surface area contributed by atoms with Crippen LogP contribution in [0.15, 0.2) is 30.4 Å². The Balaban J connectivity index is 2.74. The fourth-order valence-electron chi connectivity index (χ4n) is 2.06. The van der Waals surface area contributed by atoms with Gasteiger partial charge in [0.15, 0.2) is 0 Å². The van der Waals surface area contributed by atoms with Crippen molar-refractivity contribution in [3.63, 3.8) is 0 Å². The zero-order valence-electron chi connectivity index (χ0n) is 9.95. The predicted molar refractivity (Wildman–Crippen MR) is 65.2 cm³/mol. The van der Waals surface area contributed by atoms with Crippen LogP contribution < -0.4 is 4.90 Å². The first-order chi connectivity index (χ1) is 8.83. The molecule has 1 N–H and O–H groups in total. The number of hydrogen-bond donors (Lipinski definition) is 1. The monoisotopic (exact) mass is 259 g/mol. The summed E-state index contributed by atoms with van der Waals surface area (Å²) in [6.07, 6.45) is 0. The number of hydrogen-bond acceptors (Lipinski definition) is 5. The molecule has 1 aliphatic heterocycles. The molecule has 0 saturated carbocycles. The number of aliphatic hydroxyl groups is 1. The van der Waals surface area contributed by atoms with Gasteiger partial charge in [0.1, 0.15) is 0 Å². The van der Waals surface area contributed by atoms with Gasteiger partial charge in [0, 0.05) is 24.7 Å². The molecule has 2 rings (SSSR count). The molecule has 0 aromatic heterocycles. The van der Waals surface area contributed by atoms with E-state index in [1.807, 2.05) is 0 Å². The summed E-state index contributed by atoms with van der Waals surface area (Å²) in [5.74, 6) is -0.755. The van der Waals surface area contributed by atoms with E-state index in [1.165, 1.54) is 19.2 Å². The van der Waals surface area contributed by atoms with Crippen LogP contribution in [0.2, 0.25) is 0 Å². The Morgan fingerprint density at radius 1 is 1.63 bits per heavy atom. The van der Waals surface area contributed by atoms with E-state index in [-0.39, 0.29) is 16.8 Å². The zero-order valence-corrected chi connectivity index (χ0v) is 9.95. The Morgan fingerprint density at radius 2 is 2.26 bits per heavy atom. The number of likely N-dealkylation sites (N-methyl/N-ethyl adjacent to an activating group) is 1. The number of nitro groups is 1. The summed E-state index contributed by atoms with van der Waals surface area (Å²) in [6.45, 7) is 3.36. The summed E-state index contributed by atoms with van der Waals surface area (Å²) in [6, 6.07) is 5.29. The van der Waals surface area contributed by atoms with E-state index >= 15 is 0 Å². The highest BCUT2D eigenvalue weighted by molar-refractivity contribution is 6.09. The number of anilines is 1. The lowest BCUT2D eigenvalue weighted by atomic mass is 9.88. The largest absolute Gasteiger partial charge is 0.371 e. The van der Waals surface area contributed by atoms with Gasteiger partial charge >= 0.3 is 0 Å². The number of nitro benzene ring substituents is 1. The summed E-state index contributed by atoms with van der Waals surface area (Å²) < 4.78 is 0. The molecular formula is C12H9N3O4. The molecule has 1 atom stereocenters. The van der Waals surface area contributed by atoms with Gasteiger partial charge in [-0.05, 0) is 6.07 Å². The topological polar surface area (TPSA) is 107 Å². The van der Waals surface area contributed by atoms with Gasteiger partial charge in [0.2, 0.25) is 5.60 Å². The van der Waals surface area contributed by atoms with Crippen LogP contribution in [-0.2, 0) is 10.4 Å². The molecule has 0 aliphatic carbocycles. The van der Waals surface area contributed by atoms with Crippen LogP contribution in [0, 0.1) is 21.4 Å². The lowest BCUT2D eigenvalue weighted by Gasteiger charge is -2.19. The van der Waals surface area contributed by atoms with Gasteiger partial charge in [0.25, 0.3) is 11.6 Å². The predicted octanol–water partition coefficient (Wildman–Crippen LogP) is 0.839. The number of fused-ring (bicyclic) bond motifs is 1. The number of rotatable bonds is 2. The maximum Gasteiger partial charge on any atom is 0.269 e. The minimum absolute atomic E-state index is 0.000694. The minimum atomic E-state index is -2.23. The van der Waals surface area contributed by atoms with Gasteiger partial charge in [0.05, 0.1) is 22.3 Å². The smallest absolute Gasteiger partial charge is 0.269 e. The normalized spacial score (nSPS) is 20.9. The van der Waals surface area contributed by atoms with Crippen molar-refractivity contribution in [1.82, 2.24) is 0 Å². The van der Waals surface area contributed by atoms with Crippen LogP contribution in [0.1, 0.15) is 5.56 Å². The highest BCUT2D eigenvalue weighted by Gasteiger charge is 2.51. The molecule has 1 unspecified atom stereocenters. The van der Waals surface area contributed by atoms with Crippen molar-refractivity contribution in [2.75, 3.05) is 11.9 Å². The fraction of sp³-hybridized carbons (Fsp3) is 0.167. The molecule has 1 amide bonds. The second-order valence-corrected chi connectivity index (χ2v) is 4.12. The highest BCUT2D eigenvalue weighted by atomic mass is 16.6. The molecule has 96 valence electrons. The van der Waals surface area contributed by atoms with Gasteiger partial charge in [-0.3, -0.25) is 14.9 Å². The molecule has 0 radical (unpaired) electrons. The Kier molecular flexibility index (Phi) is 2.61. The number of carbonyl (C=O) groups is 1. The van der Waals surface area contributed by atoms with Crippen molar-refractivity contribution in [2.45, 2.75) is 5.60 Å². The van der Waals surface area contributed by atoms with Crippen LogP contribution in [-0.4, -0.2) is 23.0 Å². The lowest BCUT2D eigenvalue weighted by molar-refractivity contribution is -0.385. The number of non-ortho nitro benzene ring substituents is 1. The third-order valence-electron chi connectivity index (χ3n) is 3.13. The molecule has 1 aliphatic rings. The Hall–Kier alpha value is -2.72. The first-order valence-electron chi connectivity index (χ1n) is 5.23. The molecule has 19 heavy (non-hydrogen) atoms. The Labute approximate surface area is 108 Å². The number of carbonyl (C=O) groups excluding carboxylic acids is 1. The van der Waals surface area contributed by atoms with E-state index in [1.54, 1.807) is 6.07 Å². The molecule has 0 fully saturated rings. The van der Waals surface area contributed by atoms with Crippen LogP contribution in [0.25, 0.3) is 0 Å². The van der Waals surface area contributed by atoms with Crippen molar-refractivity contribution in [1.29, 1.82) is 5.26 Å². The third-order valence-corrected chi connectivity index (χ3v) is 3.13. The molecule has 0 saturated heterocycles. The van der Waals surface area contributed by atoms with Gasteiger partial charge in [-0.25, -0.2) is 0 Å². The fourth-order valence-corrected chi connectivity index (χ4v) is 2.06. The Bertz CT molecular complexity index is 661. The number of nitriles is 1. The molecule has 0 bridgehead atoms. The van der Waals surface area contributed by atoms with E-state index in [0.717, 1.165) is 11.0 Å². The molecule has 0 spiro atoms. The maximum atomic E-state index is 12.1. The summed E-state index contributed by atoms with van der Waals surface area (Å²) >= 11 is 0. The molecule has 7 heteroatoms. The SMILES string of the molecule is C=C(C#N)C1(O)C(=O)N(C)c2ccc([N+](=O)[O-])cc21. The lowest BCUT2D eigenvalue weighted by Crippen LogP contribution is -2.39. The van der Waals surface area contributed by atoms with Crippen molar-refractivity contribution in [3.8, 4) is 6.07 Å². The van der Waals surface area contributed by atoms with E-state index in [4.69, 9.17) is 5.26 Å². The minimum Gasteiger partial charge on any atom is -0.371 e.